The smallest absolute Gasteiger partial charge is 0.0745 e. The maximum absolute atomic E-state index is 6.33. The topological polar surface area (TPSA) is 15.3 Å². The molecule has 1 heterocycles. The predicted molar refractivity (Wildman–Crippen MR) is 85.5 cm³/mol. The van der Waals surface area contributed by atoms with Gasteiger partial charge in [0.25, 0.3) is 0 Å². The quantitative estimate of drug-likeness (QED) is 0.856. The molecular formula is C14H17BrCl2N2. The number of rotatable bonds is 4. The van der Waals surface area contributed by atoms with Crippen LogP contribution < -0.4 is 10.2 Å². The zero-order valence-electron chi connectivity index (χ0n) is 10.6. The minimum absolute atomic E-state index is 0.705. The minimum atomic E-state index is 0.705. The normalized spacial score (nSPS) is 23.1. The molecular weight excluding hydrogens is 347 g/mol. The fourth-order valence-corrected chi connectivity index (χ4v) is 4.11. The number of nitrogens with one attached hydrogen (secondary N) is 1. The molecule has 1 saturated heterocycles. The Morgan fingerprint density at radius 1 is 1.21 bits per heavy atom. The highest BCUT2D eigenvalue weighted by Gasteiger charge is 2.28. The lowest BCUT2D eigenvalue weighted by Crippen LogP contribution is -2.27. The first-order chi connectivity index (χ1) is 9.13. The second kappa shape index (κ2) is 5.80. The summed E-state index contributed by atoms with van der Waals surface area (Å²) in [4.78, 5) is 2.32. The standard InChI is InChI=1S/C14H17BrCl2N2/c15-10-5-12(16)14(13(17)6-10)19-4-3-9(8-19)7-18-11-1-2-11/h5-6,9,11,18H,1-4,7-8H2. The highest BCUT2D eigenvalue weighted by atomic mass is 79.9. The van der Waals surface area contributed by atoms with Crippen LogP contribution in [0.1, 0.15) is 19.3 Å². The van der Waals surface area contributed by atoms with Gasteiger partial charge in [0.15, 0.2) is 0 Å². The zero-order chi connectivity index (χ0) is 13.4. The van der Waals surface area contributed by atoms with Gasteiger partial charge in [-0.05, 0) is 43.9 Å². The Morgan fingerprint density at radius 2 is 1.89 bits per heavy atom. The molecule has 2 nitrogen and oxygen atoms in total. The van der Waals surface area contributed by atoms with E-state index in [4.69, 9.17) is 23.2 Å². The van der Waals surface area contributed by atoms with Crippen molar-refractivity contribution in [2.75, 3.05) is 24.5 Å². The van der Waals surface area contributed by atoms with E-state index < -0.39 is 0 Å². The van der Waals surface area contributed by atoms with Crippen LogP contribution in [0.2, 0.25) is 10.0 Å². The number of benzene rings is 1. The van der Waals surface area contributed by atoms with Crippen LogP contribution in [0.5, 0.6) is 0 Å². The molecule has 1 aliphatic carbocycles. The van der Waals surface area contributed by atoms with Gasteiger partial charge >= 0.3 is 0 Å². The fourth-order valence-electron chi connectivity index (χ4n) is 2.66. The molecule has 1 atom stereocenters. The summed E-state index contributed by atoms with van der Waals surface area (Å²) in [5.41, 5.74) is 0.987. The Labute approximate surface area is 132 Å². The summed E-state index contributed by atoms with van der Waals surface area (Å²) in [5.74, 6) is 0.705. The van der Waals surface area contributed by atoms with Crippen LogP contribution in [0.15, 0.2) is 16.6 Å². The van der Waals surface area contributed by atoms with Crippen molar-refractivity contribution >= 4 is 44.8 Å². The molecule has 1 aliphatic heterocycles. The van der Waals surface area contributed by atoms with E-state index in [1.165, 1.54) is 19.3 Å². The summed E-state index contributed by atoms with van der Waals surface area (Å²) in [7, 11) is 0. The highest BCUT2D eigenvalue weighted by Crippen LogP contribution is 2.39. The molecule has 104 valence electrons. The van der Waals surface area contributed by atoms with Gasteiger partial charge in [0, 0.05) is 23.6 Å². The third kappa shape index (κ3) is 3.38. The number of nitrogens with zero attached hydrogens (tertiary/aromatic N) is 1. The van der Waals surface area contributed by atoms with E-state index in [2.05, 4.69) is 26.1 Å². The molecule has 5 heteroatoms. The fraction of sp³-hybridized carbons (Fsp3) is 0.571. The molecule has 1 unspecified atom stereocenters. The van der Waals surface area contributed by atoms with Crippen LogP contribution in [0, 0.1) is 5.92 Å². The summed E-state index contributed by atoms with van der Waals surface area (Å²) in [6.07, 6.45) is 3.91. The highest BCUT2D eigenvalue weighted by molar-refractivity contribution is 9.10. The van der Waals surface area contributed by atoms with E-state index in [1.54, 1.807) is 0 Å². The SMILES string of the molecule is Clc1cc(Br)cc(Cl)c1N1CCC(CNC2CC2)C1. The molecule has 3 rings (SSSR count). The first kappa shape index (κ1) is 14.0. The average Bonchev–Trinajstić information content (AvgIpc) is 3.05. The Balaban J connectivity index is 1.66. The summed E-state index contributed by atoms with van der Waals surface area (Å²) in [5, 5.41) is 5.07. The molecule has 0 amide bonds. The molecule has 1 aromatic rings. The van der Waals surface area contributed by atoms with Crippen LogP contribution in [0.4, 0.5) is 5.69 Å². The van der Waals surface area contributed by atoms with E-state index >= 15 is 0 Å². The monoisotopic (exact) mass is 362 g/mol. The van der Waals surface area contributed by atoms with Crippen molar-refractivity contribution in [1.82, 2.24) is 5.32 Å². The summed E-state index contributed by atoms with van der Waals surface area (Å²) in [6, 6.07) is 4.62. The first-order valence-electron chi connectivity index (χ1n) is 6.76. The van der Waals surface area contributed by atoms with Crippen molar-refractivity contribution < 1.29 is 0 Å². The molecule has 0 spiro atoms. The van der Waals surface area contributed by atoms with Crippen LogP contribution in [0.3, 0.4) is 0 Å². The van der Waals surface area contributed by atoms with Crippen molar-refractivity contribution in [2.45, 2.75) is 25.3 Å². The van der Waals surface area contributed by atoms with E-state index in [9.17, 15) is 0 Å². The summed E-state index contributed by atoms with van der Waals surface area (Å²) < 4.78 is 0.928. The first-order valence-corrected chi connectivity index (χ1v) is 8.31. The van der Waals surface area contributed by atoms with Gasteiger partial charge in [-0.25, -0.2) is 0 Å². The Morgan fingerprint density at radius 3 is 2.53 bits per heavy atom. The van der Waals surface area contributed by atoms with E-state index in [0.29, 0.717) is 5.92 Å². The van der Waals surface area contributed by atoms with Crippen LogP contribution in [0.25, 0.3) is 0 Å². The van der Waals surface area contributed by atoms with E-state index in [1.807, 2.05) is 12.1 Å². The Bertz CT molecular complexity index is 454. The van der Waals surface area contributed by atoms with Crippen molar-refractivity contribution in [3.05, 3.63) is 26.7 Å². The third-order valence-corrected chi connectivity index (χ3v) is 4.89. The van der Waals surface area contributed by atoms with Gasteiger partial charge in [-0.2, -0.15) is 0 Å². The molecule has 0 radical (unpaired) electrons. The van der Waals surface area contributed by atoms with Crippen LogP contribution in [-0.2, 0) is 0 Å². The van der Waals surface area contributed by atoms with Crippen LogP contribution >= 0.6 is 39.1 Å². The molecule has 2 fully saturated rings. The van der Waals surface area contributed by atoms with Gasteiger partial charge in [0.2, 0.25) is 0 Å². The number of hydrogen-bond donors (Lipinski definition) is 1. The van der Waals surface area contributed by atoms with Gasteiger partial charge in [-0.15, -0.1) is 0 Å². The number of hydrogen-bond acceptors (Lipinski definition) is 2. The van der Waals surface area contributed by atoms with Crippen LogP contribution in [-0.4, -0.2) is 25.7 Å². The maximum atomic E-state index is 6.33. The second-order valence-electron chi connectivity index (χ2n) is 5.50. The Hall–Kier alpha value is 0.0400. The molecule has 0 aromatic heterocycles. The van der Waals surface area contributed by atoms with Gasteiger partial charge in [-0.1, -0.05) is 39.1 Å². The maximum Gasteiger partial charge on any atom is 0.0745 e. The van der Waals surface area contributed by atoms with Crippen molar-refractivity contribution in [2.24, 2.45) is 5.92 Å². The van der Waals surface area contributed by atoms with Gasteiger partial charge in [0.05, 0.1) is 15.7 Å². The van der Waals surface area contributed by atoms with Gasteiger partial charge in [-0.3, -0.25) is 0 Å². The average molecular weight is 364 g/mol. The van der Waals surface area contributed by atoms with Crippen molar-refractivity contribution in [3.8, 4) is 0 Å². The molecule has 1 N–H and O–H groups in total. The Kier molecular flexibility index (Phi) is 4.28. The van der Waals surface area contributed by atoms with Crippen molar-refractivity contribution in [3.63, 3.8) is 0 Å². The third-order valence-electron chi connectivity index (χ3n) is 3.86. The second-order valence-corrected chi connectivity index (χ2v) is 7.23. The lowest BCUT2D eigenvalue weighted by molar-refractivity contribution is 0.515. The predicted octanol–water partition coefficient (Wildman–Crippen LogP) is 4.33. The zero-order valence-corrected chi connectivity index (χ0v) is 13.7. The lowest BCUT2D eigenvalue weighted by atomic mass is 10.1. The van der Waals surface area contributed by atoms with E-state index in [-0.39, 0.29) is 0 Å². The largest absolute Gasteiger partial charge is 0.369 e. The van der Waals surface area contributed by atoms with Crippen molar-refractivity contribution in [1.29, 1.82) is 0 Å². The number of anilines is 1. The molecule has 2 aliphatic rings. The molecule has 1 aromatic carbocycles. The molecule has 0 bridgehead atoms. The summed E-state index contributed by atoms with van der Waals surface area (Å²) in [6.45, 7) is 3.20. The molecule has 19 heavy (non-hydrogen) atoms. The van der Waals surface area contributed by atoms with Gasteiger partial charge in [0.1, 0.15) is 0 Å². The lowest BCUT2D eigenvalue weighted by Gasteiger charge is -2.22. The van der Waals surface area contributed by atoms with E-state index in [0.717, 1.165) is 45.9 Å². The summed E-state index contributed by atoms with van der Waals surface area (Å²) >= 11 is 16.1. The van der Waals surface area contributed by atoms with Gasteiger partial charge < -0.3 is 10.2 Å². The number of halogens is 3. The minimum Gasteiger partial charge on any atom is -0.369 e. The molecule has 1 saturated carbocycles.